The second-order valence-electron chi connectivity index (χ2n) is 5.86. The van der Waals surface area contributed by atoms with E-state index >= 15 is 0 Å². The summed E-state index contributed by atoms with van der Waals surface area (Å²) in [5.74, 6) is -2.13. The van der Waals surface area contributed by atoms with Gasteiger partial charge in [0.25, 0.3) is 5.91 Å². The summed E-state index contributed by atoms with van der Waals surface area (Å²) in [6.45, 7) is 0. The van der Waals surface area contributed by atoms with Crippen LogP contribution in [0.15, 0.2) is 65.8 Å². The van der Waals surface area contributed by atoms with E-state index in [1.165, 1.54) is 12.1 Å². The van der Waals surface area contributed by atoms with Crippen LogP contribution in [0, 0.1) is 11.6 Å². The standard InChI is InChI=1S/C19H17F2N3O/c20-14-7-4-8-15(21)17(14)19(10-11-19)18(25)24-16(22)9-12-23-13-5-2-1-3-6-13/h1-9,12,23H,10-11H2,(H2,22,24,25)/b12-9-. The van der Waals surface area contributed by atoms with E-state index in [-0.39, 0.29) is 11.4 Å². The normalized spacial score (nSPS) is 16.0. The van der Waals surface area contributed by atoms with E-state index in [9.17, 15) is 13.6 Å². The first kappa shape index (κ1) is 16.8. The average Bonchev–Trinajstić information content (AvgIpc) is 3.37. The molecule has 128 valence electrons. The molecule has 1 saturated carbocycles. The number of nitrogens with two attached hydrogens (primary N) is 1. The van der Waals surface area contributed by atoms with Crippen molar-refractivity contribution in [3.05, 3.63) is 78.0 Å². The monoisotopic (exact) mass is 341 g/mol. The minimum Gasteiger partial charge on any atom is -0.384 e. The van der Waals surface area contributed by atoms with Gasteiger partial charge in [-0.05, 0) is 43.2 Å². The Morgan fingerprint density at radius 1 is 1.08 bits per heavy atom. The van der Waals surface area contributed by atoms with Gasteiger partial charge in [0.2, 0.25) is 0 Å². The van der Waals surface area contributed by atoms with Gasteiger partial charge in [-0.3, -0.25) is 4.79 Å². The summed E-state index contributed by atoms with van der Waals surface area (Å²) >= 11 is 0. The largest absolute Gasteiger partial charge is 0.384 e. The number of hydrogen-bond acceptors (Lipinski definition) is 2. The van der Waals surface area contributed by atoms with Crippen LogP contribution in [0.25, 0.3) is 0 Å². The van der Waals surface area contributed by atoms with Crippen LogP contribution >= 0.6 is 0 Å². The van der Waals surface area contributed by atoms with E-state index in [0.29, 0.717) is 12.8 Å². The molecule has 0 atom stereocenters. The molecule has 0 aliphatic heterocycles. The number of hydrogen-bond donors (Lipinski definition) is 2. The third kappa shape index (κ3) is 3.57. The summed E-state index contributed by atoms with van der Waals surface area (Å²) < 4.78 is 28.0. The molecule has 0 spiro atoms. The van der Waals surface area contributed by atoms with Crippen LogP contribution in [0.1, 0.15) is 18.4 Å². The zero-order chi connectivity index (χ0) is 17.9. The molecule has 1 aliphatic rings. The van der Waals surface area contributed by atoms with Gasteiger partial charge in [0.1, 0.15) is 17.5 Å². The van der Waals surface area contributed by atoms with Crippen molar-refractivity contribution in [2.45, 2.75) is 18.3 Å². The van der Waals surface area contributed by atoms with Gasteiger partial charge in [-0.25, -0.2) is 8.78 Å². The van der Waals surface area contributed by atoms with Gasteiger partial charge in [0.15, 0.2) is 0 Å². The first-order valence-electron chi connectivity index (χ1n) is 7.84. The van der Waals surface area contributed by atoms with E-state index < -0.39 is 23.0 Å². The number of amidine groups is 1. The van der Waals surface area contributed by atoms with Crippen molar-refractivity contribution < 1.29 is 13.6 Å². The number of halogens is 2. The number of benzene rings is 2. The highest BCUT2D eigenvalue weighted by molar-refractivity contribution is 6.04. The maximum absolute atomic E-state index is 14.0. The number of aliphatic imine (C=N–C) groups is 1. The van der Waals surface area contributed by atoms with E-state index in [2.05, 4.69) is 10.3 Å². The van der Waals surface area contributed by atoms with Gasteiger partial charge in [0, 0.05) is 17.5 Å². The van der Waals surface area contributed by atoms with Crippen molar-refractivity contribution in [1.82, 2.24) is 0 Å². The van der Waals surface area contributed by atoms with Gasteiger partial charge in [-0.15, -0.1) is 0 Å². The van der Waals surface area contributed by atoms with Crippen LogP contribution in [0.5, 0.6) is 0 Å². The Kier molecular flexibility index (Phi) is 4.61. The van der Waals surface area contributed by atoms with Crippen molar-refractivity contribution in [2.24, 2.45) is 10.7 Å². The lowest BCUT2D eigenvalue weighted by Crippen LogP contribution is -2.24. The van der Waals surface area contributed by atoms with E-state index in [1.54, 1.807) is 6.20 Å². The Hall–Kier alpha value is -3.02. The number of nitrogens with one attached hydrogen (secondary N) is 1. The highest BCUT2D eigenvalue weighted by Crippen LogP contribution is 2.51. The predicted molar refractivity (Wildman–Crippen MR) is 93.1 cm³/mol. The average molecular weight is 341 g/mol. The molecule has 0 heterocycles. The third-order valence-electron chi connectivity index (χ3n) is 4.11. The van der Waals surface area contributed by atoms with Crippen molar-refractivity contribution in [1.29, 1.82) is 0 Å². The highest BCUT2D eigenvalue weighted by atomic mass is 19.1. The number of amides is 1. The van der Waals surface area contributed by atoms with Gasteiger partial charge in [0.05, 0.1) is 5.41 Å². The van der Waals surface area contributed by atoms with E-state index in [0.717, 1.165) is 17.8 Å². The summed E-state index contributed by atoms with van der Waals surface area (Å²) in [7, 11) is 0. The molecule has 25 heavy (non-hydrogen) atoms. The topological polar surface area (TPSA) is 67.5 Å². The maximum atomic E-state index is 14.0. The molecule has 0 bridgehead atoms. The third-order valence-corrected chi connectivity index (χ3v) is 4.11. The van der Waals surface area contributed by atoms with Crippen LogP contribution in [0.2, 0.25) is 0 Å². The quantitative estimate of drug-likeness (QED) is 0.646. The van der Waals surface area contributed by atoms with E-state index in [1.807, 2.05) is 30.3 Å². The molecule has 1 amide bonds. The van der Waals surface area contributed by atoms with Gasteiger partial charge in [-0.1, -0.05) is 24.3 Å². The Bertz CT molecular complexity index is 823. The second kappa shape index (κ2) is 6.84. The number of nitrogens with zero attached hydrogens (tertiary/aromatic N) is 1. The van der Waals surface area contributed by atoms with Crippen molar-refractivity contribution >= 4 is 17.4 Å². The zero-order valence-corrected chi connectivity index (χ0v) is 13.4. The van der Waals surface area contributed by atoms with Crippen LogP contribution < -0.4 is 11.1 Å². The predicted octanol–water partition coefficient (Wildman–Crippen LogP) is 3.51. The molecule has 0 saturated heterocycles. The number of rotatable bonds is 5. The number of carbonyl (C=O) groups is 1. The lowest BCUT2D eigenvalue weighted by atomic mass is 9.94. The molecule has 3 rings (SSSR count). The Labute approximate surface area is 144 Å². The molecule has 0 unspecified atom stereocenters. The number of carbonyl (C=O) groups excluding carboxylic acids is 1. The van der Waals surface area contributed by atoms with Crippen molar-refractivity contribution in [3.63, 3.8) is 0 Å². The molecule has 4 nitrogen and oxygen atoms in total. The molecule has 2 aromatic carbocycles. The molecule has 1 aliphatic carbocycles. The zero-order valence-electron chi connectivity index (χ0n) is 13.4. The lowest BCUT2D eigenvalue weighted by molar-refractivity contribution is -0.120. The molecule has 1 fully saturated rings. The van der Waals surface area contributed by atoms with Crippen LogP contribution in [-0.4, -0.2) is 11.7 Å². The molecular weight excluding hydrogens is 324 g/mol. The fourth-order valence-electron chi connectivity index (χ4n) is 2.67. The fourth-order valence-corrected chi connectivity index (χ4v) is 2.67. The van der Waals surface area contributed by atoms with Gasteiger partial charge < -0.3 is 11.1 Å². The highest BCUT2D eigenvalue weighted by Gasteiger charge is 2.54. The summed E-state index contributed by atoms with van der Waals surface area (Å²) in [6, 6.07) is 12.9. The SMILES string of the molecule is NC(/C=C\Nc1ccccc1)=NC(=O)C1(c2c(F)cccc2F)CC1. The summed E-state index contributed by atoms with van der Waals surface area (Å²) in [4.78, 5) is 16.2. The van der Waals surface area contributed by atoms with Gasteiger partial charge in [-0.2, -0.15) is 4.99 Å². The van der Waals surface area contributed by atoms with Crippen LogP contribution in [0.4, 0.5) is 14.5 Å². The Morgan fingerprint density at radius 3 is 2.32 bits per heavy atom. The molecule has 6 heteroatoms. The molecule has 0 aromatic heterocycles. The Balaban J connectivity index is 1.73. The Morgan fingerprint density at radius 2 is 1.72 bits per heavy atom. The minimum atomic E-state index is -1.24. The van der Waals surface area contributed by atoms with E-state index in [4.69, 9.17) is 5.73 Å². The first-order valence-corrected chi connectivity index (χ1v) is 7.84. The molecule has 0 radical (unpaired) electrons. The number of anilines is 1. The van der Waals surface area contributed by atoms with Gasteiger partial charge >= 0.3 is 0 Å². The summed E-state index contributed by atoms with van der Waals surface area (Å²) in [5, 5.41) is 2.98. The molecular formula is C19H17F2N3O. The fraction of sp³-hybridized carbons (Fsp3) is 0.158. The first-order chi connectivity index (χ1) is 12.0. The molecule has 2 aromatic rings. The number of para-hydroxylation sites is 1. The maximum Gasteiger partial charge on any atom is 0.258 e. The van der Waals surface area contributed by atoms with Crippen LogP contribution in [-0.2, 0) is 10.2 Å². The summed E-state index contributed by atoms with van der Waals surface area (Å²) in [5.41, 5.74) is 5.13. The lowest BCUT2D eigenvalue weighted by Gasteiger charge is -2.13. The molecule has 3 N–H and O–H groups in total. The van der Waals surface area contributed by atoms with Crippen molar-refractivity contribution in [3.8, 4) is 0 Å². The summed E-state index contributed by atoms with van der Waals surface area (Å²) in [6.07, 6.45) is 3.68. The minimum absolute atomic E-state index is 0.0311. The van der Waals surface area contributed by atoms with Crippen LogP contribution in [0.3, 0.4) is 0 Å². The second-order valence-corrected chi connectivity index (χ2v) is 5.86. The smallest absolute Gasteiger partial charge is 0.258 e. The van der Waals surface area contributed by atoms with Crippen molar-refractivity contribution in [2.75, 3.05) is 5.32 Å².